The Balaban J connectivity index is 2.18. The Morgan fingerprint density at radius 1 is 1.15 bits per heavy atom. The van der Waals surface area contributed by atoms with Gasteiger partial charge >= 0.3 is 5.97 Å². The molecule has 0 N–H and O–H groups in total. The zero-order valence-corrected chi connectivity index (χ0v) is 14.3. The number of allylic oxidation sites excluding steroid dienone is 2. The average Bonchev–Trinajstić information content (AvgIpc) is 3.13. The van der Waals surface area contributed by atoms with Gasteiger partial charge in [-0.3, -0.25) is 4.79 Å². The first kappa shape index (κ1) is 19.9. The molecule has 1 aliphatic rings. The van der Waals surface area contributed by atoms with Crippen LogP contribution in [-0.4, -0.2) is 5.97 Å². The number of benzene rings is 1. The molecule has 0 radical (unpaired) electrons. The highest BCUT2D eigenvalue weighted by Crippen LogP contribution is 2.60. The summed E-state index contributed by atoms with van der Waals surface area (Å²) in [5.41, 5.74) is -2.47. The van der Waals surface area contributed by atoms with Gasteiger partial charge in [-0.15, -0.1) is 0 Å². The summed E-state index contributed by atoms with van der Waals surface area (Å²) in [5, 5.41) is 8.45. The van der Waals surface area contributed by atoms with Crippen LogP contribution in [0.15, 0.2) is 11.9 Å². The summed E-state index contributed by atoms with van der Waals surface area (Å²) in [4.78, 5) is 12.1. The molecule has 0 saturated heterocycles. The molecule has 8 heteroatoms. The van der Waals surface area contributed by atoms with Gasteiger partial charge in [-0.25, -0.2) is 17.6 Å². The van der Waals surface area contributed by atoms with E-state index in [4.69, 9.17) is 10.00 Å². The fraction of sp³-hybridized carbons (Fsp3) is 0.444. The van der Waals surface area contributed by atoms with Gasteiger partial charge in [0.1, 0.15) is 12.7 Å². The van der Waals surface area contributed by atoms with Crippen molar-refractivity contribution in [3.05, 3.63) is 46.3 Å². The maximum atomic E-state index is 13.9. The number of hydrogen-bond acceptors (Lipinski definition) is 3. The maximum Gasteiger partial charge on any atom is 0.310 e. The van der Waals surface area contributed by atoms with E-state index >= 15 is 0 Å². The Morgan fingerprint density at radius 2 is 1.65 bits per heavy atom. The summed E-state index contributed by atoms with van der Waals surface area (Å²) in [6.45, 7) is 3.59. The molecule has 0 spiro atoms. The zero-order valence-electron chi connectivity index (χ0n) is 14.3. The second-order valence-electron chi connectivity index (χ2n) is 6.63. The number of carbonyl (C=O) groups is 1. The molecular weight excluding hydrogens is 357 g/mol. The highest BCUT2D eigenvalue weighted by molar-refractivity contribution is 5.78. The largest absolute Gasteiger partial charge is 0.460 e. The first-order chi connectivity index (χ1) is 12.1. The van der Waals surface area contributed by atoms with E-state index in [9.17, 15) is 26.7 Å². The van der Waals surface area contributed by atoms with Crippen molar-refractivity contribution in [2.75, 3.05) is 0 Å². The van der Waals surface area contributed by atoms with E-state index in [1.54, 1.807) is 13.8 Å². The van der Waals surface area contributed by atoms with Crippen LogP contribution in [0.4, 0.5) is 22.0 Å². The summed E-state index contributed by atoms with van der Waals surface area (Å²) in [7, 11) is 0. The molecule has 0 amide bonds. The van der Waals surface area contributed by atoms with E-state index < -0.39 is 70.0 Å². The molecule has 2 rings (SSSR count). The molecule has 1 aliphatic carbocycles. The van der Waals surface area contributed by atoms with Crippen LogP contribution in [0.25, 0.3) is 0 Å². The minimum absolute atomic E-state index is 0.250. The zero-order chi connectivity index (χ0) is 19.8. The van der Waals surface area contributed by atoms with Gasteiger partial charge in [0.05, 0.1) is 11.5 Å². The van der Waals surface area contributed by atoms with Crippen molar-refractivity contribution in [1.29, 1.82) is 5.26 Å². The quantitative estimate of drug-likeness (QED) is 0.331. The molecule has 1 aromatic carbocycles. The number of esters is 1. The Labute approximate surface area is 147 Å². The Kier molecular flexibility index (Phi) is 5.40. The predicted octanol–water partition coefficient (Wildman–Crippen LogP) is 4.50. The second kappa shape index (κ2) is 7.06. The number of hydrogen-bond donors (Lipinski definition) is 0. The monoisotopic (exact) mass is 373 g/mol. The Bertz CT molecular complexity index is 797. The minimum Gasteiger partial charge on any atom is -0.460 e. The van der Waals surface area contributed by atoms with Crippen LogP contribution in [0.2, 0.25) is 0 Å². The van der Waals surface area contributed by atoms with E-state index in [-0.39, 0.29) is 6.42 Å². The molecule has 1 fully saturated rings. The smallest absolute Gasteiger partial charge is 0.310 e. The fourth-order valence-electron chi connectivity index (χ4n) is 3.03. The molecule has 2 atom stereocenters. The van der Waals surface area contributed by atoms with Gasteiger partial charge in [-0.05, 0) is 17.9 Å². The lowest BCUT2D eigenvalue weighted by molar-refractivity contribution is -0.147. The van der Waals surface area contributed by atoms with Crippen LogP contribution in [0.5, 0.6) is 0 Å². The molecule has 26 heavy (non-hydrogen) atoms. The maximum absolute atomic E-state index is 13.9. The van der Waals surface area contributed by atoms with E-state index in [0.29, 0.717) is 0 Å². The van der Waals surface area contributed by atoms with Crippen molar-refractivity contribution in [1.82, 2.24) is 0 Å². The number of halogens is 5. The Hall–Kier alpha value is -2.43. The number of rotatable bonds is 5. The molecule has 1 saturated carbocycles. The van der Waals surface area contributed by atoms with Crippen molar-refractivity contribution in [2.45, 2.75) is 33.8 Å². The third-order valence-corrected chi connectivity index (χ3v) is 4.75. The molecule has 0 unspecified atom stereocenters. The van der Waals surface area contributed by atoms with Crippen LogP contribution in [-0.2, 0) is 22.6 Å². The van der Waals surface area contributed by atoms with Gasteiger partial charge < -0.3 is 4.74 Å². The number of ether oxygens (including phenoxy) is 1. The van der Waals surface area contributed by atoms with Crippen LogP contribution in [0.3, 0.4) is 0 Å². The second-order valence-corrected chi connectivity index (χ2v) is 6.63. The average molecular weight is 373 g/mol. The summed E-state index contributed by atoms with van der Waals surface area (Å²) in [5.74, 6) is -9.71. The van der Waals surface area contributed by atoms with E-state index in [1.165, 1.54) is 13.0 Å². The summed E-state index contributed by atoms with van der Waals surface area (Å²) in [6, 6.07) is 1.29. The summed E-state index contributed by atoms with van der Waals surface area (Å²) in [6.07, 6.45) is 0.725. The van der Waals surface area contributed by atoms with Crippen molar-refractivity contribution in [2.24, 2.45) is 17.3 Å². The molecular formula is C18H16F5NO2. The van der Waals surface area contributed by atoms with Crippen molar-refractivity contribution < 1.29 is 31.5 Å². The van der Waals surface area contributed by atoms with E-state index in [1.807, 2.05) is 0 Å². The predicted molar refractivity (Wildman–Crippen MR) is 81.0 cm³/mol. The molecule has 0 aliphatic heterocycles. The SMILES string of the molecule is CCc1c(F)c(F)c(COC(=O)[C@H]2[C@@H](C=C(F)C#N)C2(C)C)c(F)c1F. The standard InChI is InChI=1S/C18H16F5NO2/c1-4-9-13(20)15(22)10(16(23)14(9)21)7-26-17(25)12-11(18(12,2)3)5-8(19)6-24/h5,11-12H,4,7H2,1-3H3/t11-,12-/m1/s1. The summed E-state index contributed by atoms with van der Waals surface area (Å²) < 4.78 is 73.3. The van der Waals surface area contributed by atoms with Gasteiger partial charge in [0.25, 0.3) is 0 Å². The third-order valence-electron chi connectivity index (χ3n) is 4.75. The van der Waals surface area contributed by atoms with Crippen molar-refractivity contribution in [3.63, 3.8) is 0 Å². The number of carbonyl (C=O) groups excluding carboxylic acids is 1. The fourth-order valence-corrected chi connectivity index (χ4v) is 3.03. The van der Waals surface area contributed by atoms with Crippen molar-refractivity contribution >= 4 is 5.97 Å². The number of nitriles is 1. The van der Waals surface area contributed by atoms with Crippen LogP contribution in [0, 0.1) is 51.9 Å². The molecule has 0 aromatic heterocycles. The highest BCUT2D eigenvalue weighted by atomic mass is 19.2. The van der Waals surface area contributed by atoms with E-state index in [2.05, 4.69) is 0 Å². The van der Waals surface area contributed by atoms with Gasteiger partial charge in [-0.2, -0.15) is 9.65 Å². The third kappa shape index (κ3) is 3.30. The first-order valence-corrected chi connectivity index (χ1v) is 7.85. The van der Waals surface area contributed by atoms with Gasteiger partial charge in [-0.1, -0.05) is 20.8 Å². The highest BCUT2D eigenvalue weighted by Gasteiger charge is 2.61. The van der Waals surface area contributed by atoms with Crippen LogP contribution >= 0.6 is 0 Å². The van der Waals surface area contributed by atoms with Crippen LogP contribution in [0.1, 0.15) is 31.9 Å². The van der Waals surface area contributed by atoms with Crippen LogP contribution < -0.4 is 0 Å². The lowest BCUT2D eigenvalue weighted by Crippen LogP contribution is -2.14. The Morgan fingerprint density at radius 3 is 2.12 bits per heavy atom. The molecule has 1 aromatic rings. The molecule has 0 heterocycles. The van der Waals surface area contributed by atoms with Crippen molar-refractivity contribution in [3.8, 4) is 6.07 Å². The molecule has 140 valence electrons. The topological polar surface area (TPSA) is 50.1 Å². The lowest BCUT2D eigenvalue weighted by atomic mass is 10.1. The minimum atomic E-state index is -1.62. The van der Waals surface area contributed by atoms with Gasteiger partial charge in [0.2, 0.25) is 0 Å². The van der Waals surface area contributed by atoms with E-state index in [0.717, 1.165) is 6.08 Å². The molecule has 3 nitrogen and oxygen atoms in total. The first-order valence-electron chi connectivity index (χ1n) is 7.85. The van der Waals surface area contributed by atoms with Gasteiger partial charge in [0, 0.05) is 11.5 Å². The number of nitrogens with zero attached hydrogens (tertiary/aromatic N) is 1. The normalized spacial score (nSPS) is 21.3. The molecule has 0 bridgehead atoms. The van der Waals surface area contributed by atoms with Gasteiger partial charge in [0.15, 0.2) is 29.1 Å². The lowest BCUT2D eigenvalue weighted by Gasteiger charge is -2.11. The summed E-state index contributed by atoms with van der Waals surface area (Å²) >= 11 is 0.